The quantitative estimate of drug-likeness (QED) is 0.0686. The van der Waals surface area contributed by atoms with Crippen LogP contribution in [0, 0.1) is 0 Å². The molecule has 4 aliphatic rings. The molecule has 3 saturated heterocycles. The predicted octanol–water partition coefficient (Wildman–Crippen LogP) is -7.84. The van der Waals surface area contributed by atoms with Crippen molar-refractivity contribution in [1.82, 2.24) is 21.3 Å². The fourth-order valence-electron chi connectivity index (χ4n) is 6.63. The Morgan fingerprint density at radius 1 is 0.667 bits per heavy atom. The van der Waals surface area contributed by atoms with Crippen molar-refractivity contribution in [1.29, 1.82) is 0 Å². The molecular formula is C31H56N8O15. The molecule has 4 rings (SSSR count). The van der Waals surface area contributed by atoms with Crippen molar-refractivity contribution in [3.63, 3.8) is 0 Å². The molecule has 0 aromatic heterocycles. The number of hydrogen-bond acceptors (Lipinski definition) is 19. The van der Waals surface area contributed by atoms with E-state index in [1.54, 1.807) is 0 Å². The molecular weight excluding hydrogens is 724 g/mol. The van der Waals surface area contributed by atoms with E-state index in [-0.39, 0.29) is 32.6 Å². The Labute approximate surface area is 310 Å². The molecule has 0 spiro atoms. The van der Waals surface area contributed by atoms with Crippen LogP contribution in [0.25, 0.3) is 0 Å². The van der Waals surface area contributed by atoms with Crippen molar-refractivity contribution < 1.29 is 73.8 Å². The Balaban J connectivity index is 1.54. The van der Waals surface area contributed by atoms with Crippen LogP contribution in [0.15, 0.2) is 25.3 Å². The van der Waals surface area contributed by atoms with E-state index in [1.165, 1.54) is 12.2 Å². The number of ether oxygens (including phenoxy) is 6. The number of nitrogens with two attached hydrogens (primary N) is 4. The summed E-state index contributed by atoms with van der Waals surface area (Å²) in [6.07, 6.45) is -19.3. The first kappa shape index (κ1) is 44.1. The average Bonchev–Trinajstić information content (AvgIpc) is 3.45. The molecule has 1 saturated carbocycles. The van der Waals surface area contributed by atoms with Crippen LogP contribution in [0.1, 0.15) is 6.42 Å². The molecule has 0 bridgehead atoms. The zero-order valence-corrected chi connectivity index (χ0v) is 29.5. The molecule has 310 valence electrons. The monoisotopic (exact) mass is 780 g/mol. The van der Waals surface area contributed by atoms with Crippen LogP contribution in [0.2, 0.25) is 0 Å². The number of aliphatic hydroxyl groups excluding tert-OH is 7. The van der Waals surface area contributed by atoms with Gasteiger partial charge in [0.2, 0.25) is 0 Å². The summed E-state index contributed by atoms with van der Waals surface area (Å²) in [7, 11) is 0. The molecule has 19 N–H and O–H groups in total. The topological polar surface area (TPSA) is 383 Å². The standard InChI is InChI=1S/C31H56N8O15/c1-3-5-36-30(47)38-9-14-20(43)22(45)17(39-31(48)37-6-4-2)28(50-14)53-25-15(10-40)51-29(23(25)46)54-26-18(41)11(33)7-12(34)24(26)52-27-16(35)21(44)19(42)13(8-32)49-27/h3-4,11-29,40-46H,1-2,5-10,32-35H2,(H2,36,38,47)(H2,37,39,48)/t11-,12?,13?,14?,15-,16?,17?,18?,19-,20-,21-,22+,23+,24-,25?,26-,27-,28-,29+/m1/s1. The van der Waals surface area contributed by atoms with E-state index >= 15 is 0 Å². The normalized spacial score (nSPS) is 43.9. The van der Waals surface area contributed by atoms with Gasteiger partial charge in [-0.2, -0.15) is 0 Å². The van der Waals surface area contributed by atoms with Crippen LogP contribution >= 0.6 is 0 Å². The lowest BCUT2D eigenvalue weighted by Gasteiger charge is -2.47. The third-order valence-electron chi connectivity index (χ3n) is 9.67. The van der Waals surface area contributed by atoms with Crippen molar-refractivity contribution >= 4 is 12.1 Å². The van der Waals surface area contributed by atoms with Crippen LogP contribution in [0.3, 0.4) is 0 Å². The first-order valence-corrected chi connectivity index (χ1v) is 17.5. The number of carbonyl (C=O) groups excluding carboxylic acids is 2. The van der Waals surface area contributed by atoms with E-state index in [4.69, 9.17) is 51.4 Å². The molecule has 0 aromatic carbocycles. The largest absolute Gasteiger partial charge is 0.394 e. The molecule has 0 aromatic rings. The fourth-order valence-corrected chi connectivity index (χ4v) is 6.63. The minimum atomic E-state index is -1.76. The summed E-state index contributed by atoms with van der Waals surface area (Å²) in [4.78, 5) is 24.8. The summed E-state index contributed by atoms with van der Waals surface area (Å²) < 4.78 is 35.5. The molecule has 4 amide bonds. The van der Waals surface area contributed by atoms with Gasteiger partial charge in [0.25, 0.3) is 0 Å². The molecule has 23 heteroatoms. The van der Waals surface area contributed by atoms with Crippen molar-refractivity contribution in [3.05, 3.63) is 25.3 Å². The van der Waals surface area contributed by atoms with Gasteiger partial charge in [-0.3, -0.25) is 0 Å². The van der Waals surface area contributed by atoms with Crippen LogP contribution in [-0.2, 0) is 28.4 Å². The second-order valence-electron chi connectivity index (χ2n) is 13.5. The van der Waals surface area contributed by atoms with Crippen LogP contribution in [-0.4, -0.2) is 197 Å². The van der Waals surface area contributed by atoms with Gasteiger partial charge >= 0.3 is 12.1 Å². The highest BCUT2D eigenvalue weighted by molar-refractivity contribution is 5.74. The average molecular weight is 781 g/mol. The number of nitrogens with one attached hydrogen (secondary N) is 4. The third kappa shape index (κ3) is 10.2. The Morgan fingerprint density at radius 3 is 1.87 bits per heavy atom. The predicted molar refractivity (Wildman–Crippen MR) is 183 cm³/mol. The Kier molecular flexibility index (Phi) is 16.3. The minimum absolute atomic E-state index is 0.0339. The van der Waals surface area contributed by atoms with Gasteiger partial charge in [-0.15, -0.1) is 13.2 Å². The fraction of sp³-hybridized carbons (Fsp3) is 0.806. The van der Waals surface area contributed by atoms with Crippen molar-refractivity contribution in [3.8, 4) is 0 Å². The van der Waals surface area contributed by atoms with Crippen molar-refractivity contribution in [2.24, 2.45) is 22.9 Å². The van der Waals surface area contributed by atoms with Gasteiger partial charge in [0, 0.05) is 38.3 Å². The van der Waals surface area contributed by atoms with E-state index in [1.807, 2.05) is 0 Å². The Morgan fingerprint density at radius 2 is 1.24 bits per heavy atom. The summed E-state index contributed by atoms with van der Waals surface area (Å²) >= 11 is 0. The molecule has 54 heavy (non-hydrogen) atoms. The highest BCUT2D eigenvalue weighted by Gasteiger charge is 2.55. The summed E-state index contributed by atoms with van der Waals surface area (Å²) in [5.41, 5.74) is 24.3. The van der Waals surface area contributed by atoms with Gasteiger partial charge in [0.1, 0.15) is 73.2 Å². The number of urea groups is 2. The number of rotatable bonds is 15. The van der Waals surface area contributed by atoms with Gasteiger partial charge in [-0.1, -0.05) is 12.2 Å². The van der Waals surface area contributed by atoms with Gasteiger partial charge in [-0.05, 0) is 6.42 Å². The zero-order valence-electron chi connectivity index (χ0n) is 29.5. The second-order valence-corrected chi connectivity index (χ2v) is 13.5. The number of carbonyl (C=O) groups is 2. The molecule has 7 unspecified atom stereocenters. The molecule has 0 radical (unpaired) electrons. The first-order valence-electron chi connectivity index (χ1n) is 17.5. The van der Waals surface area contributed by atoms with Crippen LogP contribution < -0.4 is 44.2 Å². The van der Waals surface area contributed by atoms with E-state index in [2.05, 4.69) is 34.4 Å². The Bertz CT molecular complexity index is 1240. The molecule has 3 aliphatic heterocycles. The number of amides is 4. The van der Waals surface area contributed by atoms with Crippen molar-refractivity contribution in [2.45, 2.75) is 123 Å². The smallest absolute Gasteiger partial charge is 0.315 e. The maximum atomic E-state index is 12.6. The van der Waals surface area contributed by atoms with Crippen LogP contribution in [0.4, 0.5) is 9.59 Å². The summed E-state index contributed by atoms with van der Waals surface area (Å²) in [6.45, 7) is 5.90. The highest BCUT2D eigenvalue weighted by atomic mass is 16.8. The van der Waals surface area contributed by atoms with E-state index in [0.717, 1.165) is 0 Å². The third-order valence-corrected chi connectivity index (χ3v) is 9.67. The molecule has 1 aliphatic carbocycles. The van der Waals surface area contributed by atoms with Crippen LogP contribution in [0.5, 0.6) is 0 Å². The molecule has 23 nitrogen and oxygen atoms in total. The number of hydrogen-bond donors (Lipinski definition) is 15. The highest BCUT2D eigenvalue weighted by Crippen LogP contribution is 2.34. The van der Waals surface area contributed by atoms with E-state index in [0.29, 0.717) is 0 Å². The van der Waals surface area contributed by atoms with Gasteiger partial charge in [0.15, 0.2) is 18.9 Å². The number of aliphatic hydroxyl groups is 7. The lowest BCUT2D eigenvalue weighted by atomic mass is 9.84. The van der Waals surface area contributed by atoms with Gasteiger partial charge in [-0.25, -0.2) is 9.59 Å². The zero-order chi connectivity index (χ0) is 39.9. The first-order chi connectivity index (χ1) is 25.7. The van der Waals surface area contributed by atoms with Gasteiger partial charge in [0.05, 0.1) is 18.8 Å². The lowest BCUT2D eigenvalue weighted by molar-refractivity contribution is -0.307. The summed E-state index contributed by atoms with van der Waals surface area (Å²) in [6, 6.07) is -6.07. The maximum absolute atomic E-state index is 12.6. The van der Waals surface area contributed by atoms with E-state index in [9.17, 15) is 45.3 Å². The summed E-state index contributed by atoms with van der Waals surface area (Å²) in [5, 5.41) is 85.5. The maximum Gasteiger partial charge on any atom is 0.315 e. The summed E-state index contributed by atoms with van der Waals surface area (Å²) in [5.74, 6) is 0. The lowest BCUT2D eigenvalue weighted by Crippen LogP contribution is -2.68. The molecule has 3 heterocycles. The molecule has 19 atom stereocenters. The van der Waals surface area contributed by atoms with Gasteiger partial charge < -0.3 is 108 Å². The second kappa shape index (κ2) is 20.0. The SMILES string of the molecule is C=CCNC(=O)NCC1O[C@H](OC2[C@@H](CO)O[C@@H](O[C@@H]3C(O)[C@H](N)CC(N)[C@H]3O[C@H]3OC(CN)[C@@H](O)[C@H](O)C3N)[C@H]2O)C(NC(=O)NCC=C)[C@H](O)[C@@H]1O. The minimum Gasteiger partial charge on any atom is -0.394 e. The van der Waals surface area contributed by atoms with E-state index < -0.39 is 135 Å². The Hall–Kier alpha value is -2.66. The van der Waals surface area contributed by atoms with Crippen molar-refractivity contribution in [2.75, 3.05) is 32.8 Å². The molecule has 4 fully saturated rings.